The predicted octanol–water partition coefficient (Wildman–Crippen LogP) is 1.61. The number of rotatable bonds is 4. The molecule has 4 fully saturated rings. The third-order valence-electron chi connectivity index (χ3n) is 6.53. The molecule has 0 saturated carbocycles. The lowest BCUT2D eigenvalue weighted by Gasteiger charge is -2.18. The third kappa shape index (κ3) is 7.32. The molecular weight excluding hydrogens is 595 g/mol. The number of hydrogen-bond donors (Lipinski definition) is 4. The number of phenols is 1. The summed E-state index contributed by atoms with van der Waals surface area (Å²) in [5, 5.41) is 57.7. The molecule has 15 nitrogen and oxygen atoms in total. The van der Waals surface area contributed by atoms with Crippen LogP contribution in [0.1, 0.15) is 0 Å². The van der Waals surface area contributed by atoms with Crippen molar-refractivity contribution in [3.63, 3.8) is 0 Å². The minimum absolute atomic E-state index is 0.0146. The summed E-state index contributed by atoms with van der Waals surface area (Å²) in [6.45, 7) is 1.06. The van der Waals surface area contributed by atoms with Crippen molar-refractivity contribution >= 4 is 34.6 Å². The van der Waals surface area contributed by atoms with Gasteiger partial charge in [-0.3, -0.25) is 20.2 Å². The average molecular weight is 621 g/mol. The van der Waals surface area contributed by atoms with Crippen molar-refractivity contribution < 1.29 is 54.0 Å². The van der Waals surface area contributed by atoms with Gasteiger partial charge in [0.15, 0.2) is 6.10 Å². The molecule has 224 valence electrons. The van der Waals surface area contributed by atoms with Crippen LogP contribution in [0, 0.1) is 20.2 Å². The number of non-ortho nitro benzene ring substituents is 2. The number of nitro groups is 2. The molecule has 4 aliphatic heterocycles. The van der Waals surface area contributed by atoms with Gasteiger partial charge < -0.3 is 44.1 Å². The van der Waals surface area contributed by atoms with E-state index in [9.17, 15) is 25.3 Å². The van der Waals surface area contributed by atoms with E-state index in [0.717, 1.165) is 6.07 Å². The topological polar surface area (TPSA) is 213 Å². The Labute approximate surface area is 242 Å². The zero-order chi connectivity index (χ0) is 29.8. The lowest BCUT2D eigenvalue weighted by molar-refractivity contribution is -0.385. The minimum atomic E-state index is -0.652. The molecule has 4 heterocycles. The Bertz CT molecular complexity index is 1240. The number of nitro benzene ring substituents is 2. The summed E-state index contributed by atoms with van der Waals surface area (Å²) in [4.78, 5) is 19.7. The summed E-state index contributed by atoms with van der Waals surface area (Å²) in [5.41, 5.74) is -0.233. The van der Waals surface area contributed by atoms with Crippen LogP contribution >= 0.6 is 23.2 Å². The van der Waals surface area contributed by atoms with Gasteiger partial charge in [0.25, 0.3) is 11.4 Å². The van der Waals surface area contributed by atoms with E-state index in [1.54, 1.807) is 0 Å². The van der Waals surface area contributed by atoms with Crippen LogP contribution in [0.3, 0.4) is 0 Å². The largest absolute Gasteiger partial charge is 0.506 e. The Morgan fingerprint density at radius 2 is 1.15 bits per heavy atom. The molecule has 2 aromatic rings. The predicted molar refractivity (Wildman–Crippen MR) is 139 cm³/mol. The van der Waals surface area contributed by atoms with E-state index >= 15 is 0 Å². The Morgan fingerprint density at radius 3 is 1.63 bits per heavy atom. The normalized spacial score (nSPS) is 31.2. The fourth-order valence-electron chi connectivity index (χ4n) is 4.48. The molecule has 0 bridgehead atoms. The molecule has 2 unspecified atom stereocenters. The van der Waals surface area contributed by atoms with Crippen molar-refractivity contribution in [2.45, 2.75) is 48.8 Å². The van der Waals surface area contributed by atoms with Crippen molar-refractivity contribution in [2.75, 3.05) is 26.4 Å². The van der Waals surface area contributed by atoms with E-state index in [-0.39, 0.29) is 71.9 Å². The molecule has 2 aromatic carbocycles. The van der Waals surface area contributed by atoms with Crippen molar-refractivity contribution in [1.82, 2.24) is 0 Å². The van der Waals surface area contributed by atoms with Gasteiger partial charge in [-0.15, -0.1) is 0 Å². The van der Waals surface area contributed by atoms with E-state index in [0.29, 0.717) is 5.75 Å². The maximum Gasteiger partial charge on any atom is 0.271 e. The number of fused-ring (bicyclic) bond motifs is 2. The van der Waals surface area contributed by atoms with E-state index in [4.69, 9.17) is 62.2 Å². The molecule has 4 saturated heterocycles. The highest BCUT2D eigenvalue weighted by Crippen LogP contribution is 2.34. The number of aromatic hydroxyl groups is 1. The average Bonchev–Trinajstić information content (AvgIpc) is 3.69. The van der Waals surface area contributed by atoms with Crippen molar-refractivity contribution in [3.8, 4) is 11.5 Å². The Kier molecular flexibility index (Phi) is 10.2. The number of phenolic OH excluding ortho intramolecular Hbond substituents is 1. The number of nitrogens with zero attached hydrogens (tertiary/aromatic N) is 2. The van der Waals surface area contributed by atoms with Crippen LogP contribution in [0.25, 0.3) is 0 Å². The zero-order valence-corrected chi connectivity index (χ0v) is 22.5. The van der Waals surface area contributed by atoms with Crippen LogP contribution in [0.4, 0.5) is 11.4 Å². The molecule has 4 aliphatic rings. The first-order valence-electron chi connectivity index (χ1n) is 12.2. The second-order valence-corrected chi connectivity index (χ2v) is 10.1. The first-order chi connectivity index (χ1) is 19.5. The van der Waals surface area contributed by atoms with Crippen LogP contribution in [0.2, 0.25) is 10.0 Å². The molecule has 6 rings (SSSR count). The van der Waals surface area contributed by atoms with Crippen LogP contribution in [0.15, 0.2) is 36.4 Å². The molecule has 0 radical (unpaired) electrons. The van der Waals surface area contributed by atoms with E-state index in [1.165, 1.54) is 30.3 Å². The molecule has 0 aliphatic carbocycles. The maximum atomic E-state index is 10.6. The van der Waals surface area contributed by atoms with Crippen LogP contribution in [-0.2, 0) is 18.9 Å². The SMILES string of the molecule is O=[N+]([O-])c1ccc(O)c(Cl)c1.O=[N+]([O-])c1ccc(OC2CO[C@H]3[C@@H]2OC[C@@H]3O)c(Cl)c1.OC1CO[C@H]2[C@@H]1OC[C@@H]2O. The number of aliphatic hydroxyl groups excluding tert-OH is 3. The second-order valence-electron chi connectivity index (χ2n) is 9.31. The summed E-state index contributed by atoms with van der Waals surface area (Å²) >= 11 is 11.4. The first-order valence-corrected chi connectivity index (χ1v) is 13.0. The van der Waals surface area contributed by atoms with Gasteiger partial charge in [0.2, 0.25) is 0 Å². The van der Waals surface area contributed by atoms with Gasteiger partial charge in [-0.25, -0.2) is 0 Å². The lowest BCUT2D eigenvalue weighted by atomic mass is 10.1. The van der Waals surface area contributed by atoms with Crippen molar-refractivity contribution in [1.29, 1.82) is 0 Å². The van der Waals surface area contributed by atoms with Gasteiger partial charge in [-0.2, -0.15) is 0 Å². The highest BCUT2D eigenvalue weighted by Gasteiger charge is 2.48. The molecule has 17 heteroatoms. The third-order valence-corrected chi connectivity index (χ3v) is 7.13. The number of ether oxygens (including phenoxy) is 5. The number of hydrogen-bond acceptors (Lipinski definition) is 13. The number of aliphatic hydroxyl groups is 3. The van der Waals surface area contributed by atoms with Crippen LogP contribution in [-0.4, -0.2) is 106 Å². The van der Waals surface area contributed by atoms with Gasteiger partial charge in [-0.05, 0) is 12.1 Å². The molecule has 8 atom stereocenters. The van der Waals surface area contributed by atoms with Crippen LogP contribution in [0.5, 0.6) is 11.5 Å². The smallest absolute Gasteiger partial charge is 0.271 e. The van der Waals surface area contributed by atoms with Gasteiger partial charge in [-0.1, -0.05) is 23.2 Å². The molecule has 0 amide bonds. The molecular formula is C24H26Cl2N2O13. The van der Waals surface area contributed by atoms with Crippen LogP contribution < -0.4 is 4.74 Å². The fraction of sp³-hybridized carbons (Fsp3) is 0.500. The molecule has 0 aromatic heterocycles. The van der Waals surface area contributed by atoms with Gasteiger partial charge >= 0.3 is 0 Å². The summed E-state index contributed by atoms with van der Waals surface area (Å²) in [5.74, 6) is 0.175. The van der Waals surface area contributed by atoms with Gasteiger partial charge in [0, 0.05) is 24.3 Å². The first kappa shape index (κ1) is 31.1. The quantitative estimate of drug-likeness (QED) is 0.283. The summed E-state index contributed by atoms with van der Waals surface area (Å²) in [6.07, 6.45) is -3.49. The van der Waals surface area contributed by atoms with Gasteiger partial charge in [0.1, 0.15) is 54.2 Å². The van der Waals surface area contributed by atoms with E-state index < -0.39 is 40.4 Å². The summed E-state index contributed by atoms with van der Waals surface area (Å²) in [7, 11) is 0. The van der Waals surface area contributed by atoms with Crippen molar-refractivity contribution in [3.05, 3.63) is 66.7 Å². The fourth-order valence-corrected chi connectivity index (χ4v) is 4.87. The zero-order valence-electron chi connectivity index (χ0n) is 21.0. The van der Waals surface area contributed by atoms with Gasteiger partial charge in [0.05, 0.1) is 46.3 Å². The lowest BCUT2D eigenvalue weighted by Crippen LogP contribution is -2.34. The standard InChI is InChI=1S/C12H12ClNO6.C6H4ClNO3.C6H10O4/c13-7-3-6(14(16)17)1-2-9(7)20-10-5-19-11-8(15)4-18-12(10)11;7-5-3-4(8(10)11)1-2-6(5)9;7-3-1-9-6-4(8)2-10-5(3)6/h1-3,8,10-12,15H,4-5H2;1-3,9H;3-8H,1-2H2/t8-,10?,11+,12+;;3-,4?,5+,6+/m0.0/s1. The Balaban J connectivity index is 0.000000156. The minimum Gasteiger partial charge on any atom is -0.506 e. The second kappa shape index (κ2) is 13.4. The highest BCUT2D eigenvalue weighted by molar-refractivity contribution is 6.32. The molecule has 4 N–H and O–H groups in total. The summed E-state index contributed by atoms with van der Waals surface area (Å²) in [6, 6.07) is 7.45. The van der Waals surface area contributed by atoms with E-state index in [1.807, 2.05) is 0 Å². The van der Waals surface area contributed by atoms with Crippen molar-refractivity contribution in [2.24, 2.45) is 0 Å². The number of benzene rings is 2. The summed E-state index contributed by atoms with van der Waals surface area (Å²) < 4.78 is 26.7. The Morgan fingerprint density at radius 1 is 0.707 bits per heavy atom. The van der Waals surface area contributed by atoms with E-state index in [2.05, 4.69) is 0 Å². The molecule has 0 spiro atoms. The Hall–Kier alpha value is -2.86. The molecule has 41 heavy (non-hydrogen) atoms. The monoisotopic (exact) mass is 620 g/mol. The highest BCUT2D eigenvalue weighted by atomic mass is 35.5. The maximum absolute atomic E-state index is 10.6. The number of halogens is 2.